The van der Waals surface area contributed by atoms with Crippen LogP contribution in [0.3, 0.4) is 0 Å². The Morgan fingerprint density at radius 2 is 0.833 bits per heavy atom. The molecule has 0 radical (unpaired) electrons. The number of rotatable bonds is 10. The SMILES string of the molecule is [C-]#[N+]c1cc(/C=C/c2ccc(N(c3ccccc3)c3cccc4ccccc34)cc2)c(C#N)cc1/C=C/c1ccc(N(c2ccccc2)c2cccc3ccccc23)cc1. The van der Waals surface area contributed by atoms with Crippen LogP contribution in [0.1, 0.15) is 27.8 Å². The van der Waals surface area contributed by atoms with Crippen LogP contribution in [-0.2, 0) is 0 Å². The van der Waals surface area contributed by atoms with Crippen molar-refractivity contribution in [3.05, 3.63) is 245 Å². The average molecular weight is 767 g/mol. The van der Waals surface area contributed by atoms with Crippen molar-refractivity contribution in [2.75, 3.05) is 9.80 Å². The zero-order valence-electron chi connectivity index (χ0n) is 32.7. The first kappa shape index (κ1) is 37.2. The molecule has 0 N–H and O–H groups in total. The minimum Gasteiger partial charge on any atom is -0.310 e. The summed E-state index contributed by atoms with van der Waals surface area (Å²) in [7, 11) is 0. The highest BCUT2D eigenvalue weighted by Gasteiger charge is 2.16. The quantitative estimate of drug-likeness (QED) is 0.103. The predicted octanol–water partition coefficient (Wildman–Crippen LogP) is 15.7. The fraction of sp³-hybridized carbons (Fsp3) is 0. The van der Waals surface area contributed by atoms with Gasteiger partial charge in [-0.1, -0.05) is 158 Å². The van der Waals surface area contributed by atoms with Crippen LogP contribution in [0.2, 0.25) is 0 Å². The molecule has 9 aromatic carbocycles. The Bertz CT molecular complexity index is 2870. The maximum atomic E-state index is 10.2. The van der Waals surface area contributed by atoms with Crippen molar-refractivity contribution in [3.63, 3.8) is 0 Å². The fourth-order valence-corrected chi connectivity index (χ4v) is 7.74. The molecule has 60 heavy (non-hydrogen) atoms. The van der Waals surface area contributed by atoms with E-state index in [9.17, 15) is 5.26 Å². The molecule has 0 aliphatic rings. The van der Waals surface area contributed by atoms with Crippen LogP contribution < -0.4 is 9.80 Å². The topological polar surface area (TPSA) is 34.6 Å². The lowest BCUT2D eigenvalue weighted by Gasteiger charge is -2.27. The molecule has 0 fully saturated rings. The van der Waals surface area contributed by atoms with Gasteiger partial charge in [0.2, 0.25) is 0 Å². The molecule has 9 rings (SSSR count). The molecule has 4 heteroatoms. The number of para-hydroxylation sites is 2. The highest BCUT2D eigenvalue weighted by molar-refractivity contribution is 6.00. The van der Waals surface area contributed by atoms with E-state index in [4.69, 9.17) is 6.57 Å². The number of nitrogens with zero attached hydrogens (tertiary/aromatic N) is 4. The maximum Gasteiger partial charge on any atom is 0.194 e. The van der Waals surface area contributed by atoms with Gasteiger partial charge in [-0.05, 0) is 106 Å². The standard InChI is InChI=1S/C56H38N4/c1-58-54-39-45(32-26-41-28-34-50(35-29-41)59(48-18-4-2-5-19-48)55-24-12-16-43-14-8-10-22-52(43)55)47(40-57)38-46(54)33-27-42-30-36-51(37-31-42)60(49-20-6-3-7-21-49)56-25-13-17-44-15-9-11-23-53(44)56/h2-39H/b32-26+,33-27+. The van der Waals surface area contributed by atoms with Gasteiger partial charge in [0.05, 0.1) is 29.6 Å². The van der Waals surface area contributed by atoms with Crippen molar-refractivity contribution in [2.24, 2.45) is 0 Å². The normalized spacial score (nSPS) is 11.2. The second-order valence-electron chi connectivity index (χ2n) is 14.4. The van der Waals surface area contributed by atoms with Gasteiger partial charge in [0.1, 0.15) is 0 Å². The van der Waals surface area contributed by atoms with Crippen LogP contribution in [0.5, 0.6) is 0 Å². The minimum absolute atomic E-state index is 0.483. The second kappa shape index (κ2) is 17.0. The van der Waals surface area contributed by atoms with Gasteiger partial charge in [-0.15, -0.1) is 0 Å². The first-order chi connectivity index (χ1) is 29.7. The molecule has 9 aromatic rings. The summed E-state index contributed by atoms with van der Waals surface area (Å²) in [6.45, 7) is 8.01. The van der Waals surface area contributed by atoms with E-state index in [1.807, 2.05) is 36.4 Å². The largest absolute Gasteiger partial charge is 0.310 e. The minimum atomic E-state index is 0.483. The molecule has 0 amide bonds. The first-order valence-electron chi connectivity index (χ1n) is 19.8. The van der Waals surface area contributed by atoms with E-state index < -0.39 is 0 Å². The molecule has 0 unspecified atom stereocenters. The van der Waals surface area contributed by atoms with E-state index in [1.54, 1.807) is 12.1 Å². The Balaban J connectivity index is 0.967. The first-order valence-corrected chi connectivity index (χ1v) is 19.8. The monoisotopic (exact) mass is 766 g/mol. The zero-order valence-corrected chi connectivity index (χ0v) is 32.7. The van der Waals surface area contributed by atoms with Gasteiger partial charge in [0, 0.05) is 33.5 Å². The number of fused-ring (bicyclic) bond motifs is 2. The Kier molecular flexibility index (Phi) is 10.5. The number of hydrogen-bond acceptors (Lipinski definition) is 3. The predicted molar refractivity (Wildman–Crippen MR) is 253 cm³/mol. The van der Waals surface area contributed by atoms with E-state index in [1.165, 1.54) is 21.5 Å². The lowest BCUT2D eigenvalue weighted by Crippen LogP contribution is -2.10. The van der Waals surface area contributed by atoms with Gasteiger partial charge < -0.3 is 9.80 Å². The third-order valence-corrected chi connectivity index (χ3v) is 10.7. The molecular formula is C56H38N4. The zero-order chi connectivity index (χ0) is 40.7. The molecular weight excluding hydrogens is 729 g/mol. The summed E-state index contributed by atoms with van der Waals surface area (Å²) < 4.78 is 0. The maximum absolute atomic E-state index is 10.2. The molecule has 0 aliphatic heterocycles. The summed E-state index contributed by atoms with van der Waals surface area (Å²) in [5.41, 5.74) is 10.8. The highest BCUT2D eigenvalue weighted by Crippen LogP contribution is 2.40. The smallest absolute Gasteiger partial charge is 0.194 e. The van der Waals surface area contributed by atoms with Crippen LogP contribution in [0.25, 0.3) is 50.7 Å². The Morgan fingerprint density at radius 3 is 1.30 bits per heavy atom. The van der Waals surface area contributed by atoms with E-state index in [-0.39, 0.29) is 0 Å². The van der Waals surface area contributed by atoms with E-state index >= 15 is 0 Å². The summed E-state index contributed by atoms with van der Waals surface area (Å²) >= 11 is 0. The van der Waals surface area contributed by atoms with Gasteiger partial charge >= 0.3 is 0 Å². The second-order valence-corrected chi connectivity index (χ2v) is 14.4. The van der Waals surface area contributed by atoms with E-state index in [2.05, 4.69) is 203 Å². The van der Waals surface area contributed by atoms with Gasteiger partial charge in [-0.3, -0.25) is 0 Å². The third-order valence-electron chi connectivity index (χ3n) is 10.7. The van der Waals surface area contributed by atoms with E-state index in [0.29, 0.717) is 22.4 Å². The van der Waals surface area contributed by atoms with E-state index in [0.717, 1.165) is 45.3 Å². The summed E-state index contributed by atoms with van der Waals surface area (Å²) in [6.07, 6.45) is 7.83. The Morgan fingerprint density at radius 1 is 0.417 bits per heavy atom. The van der Waals surface area contributed by atoms with Crippen molar-refractivity contribution in [2.45, 2.75) is 0 Å². The van der Waals surface area contributed by atoms with Crippen molar-refractivity contribution in [1.29, 1.82) is 5.26 Å². The summed E-state index contributed by atoms with van der Waals surface area (Å²) in [5, 5.41) is 14.9. The lowest BCUT2D eigenvalue weighted by atomic mass is 10.0. The molecule has 4 nitrogen and oxygen atoms in total. The highest BCUT2D eigenvalue weighted by atomic mass is 15.1. The van der Waals surface area contributed by atoms with Crippen LogP contribution in [-0.4, -0.2) is 0 Å². The summed E-state index contributed by atoms with van der Waals surface area (Å²) in [6, 6.07) is 73.2. The molecule has 0 spiro atoms. The summed E-state index contributed by atoms with van der Waals surface area (Å²) in [5.74, 6) is 0. The molecule has 282 valence electrons. The molecule has 0 heterocycles. The Hall–Kier alpha value is -8.44. The fourth-order valence-electron chi connectivity index (χ4n) is 7.74. The molecule has 0 saturated heterocycles. The molecule has 0 saturated carbocycles. The van der Waals surface area contributed by atoms with Gasteiger partial charge in [0.15, 0.2) is 5.69 Å². The summed E-state index contributed by atoms with van der Waals surface area (Å²) in [4.78, 5) is 8.41. The van der Waals surface area contributed by atoms with Gasteiger partial charge in [-0.2, -0.15) is 5.26 Å². The Labute approximate surface area is 350 Å². The van der Waals surface area contributed by atoms with Crippen molar-refractivity contribution >= 4 is 85.7 Å². The van der Waals surface area contributed by atoms with Gasteiger partial charge in [0.25, 0.3) is 0 Å². The number of nitriles is 1. The van der Waals surface area contributed by atoms with Crippen LogP contribution in [0.15, 0.2) is 206 Å². The van der Waals surface area contributed by atoms with Crippen LogP contribution >= 0.6 is 0 Å². The molecule has 0 atom stereocenters. The number of anilines is 6. The van der Waals surface area contributed by atoms with Gasteiger partial charge in [-0.25, -0.2) is 4.85 Å². The van der Waals surface area contributed by atoms with Crippen LogP contribution in [0, 0.1) is 17.9 Å². The van der Waals surface area contributed by atoms with Crippen LogP contribution in [0.4, 0.5) is 39.8 Å². The van der Waals surface area contributed by atoms with Crippen molar-refractivity contribution in [3.8, 4) is 6.07 Å². The van der Waals surface area contributed by atoms with Crippen molar-refractivity contribution in [1.82, 2.24) is 0 Å². The van der Waals surface area contributed by atoms with Crippen molar-refractivity contribution < 1.29 is 0 Å². The lowest BCUT2D eigenvalue weighted by molar-refractivity contribution is 1.30. The number of benzene rings is 9. The molecule has 0 aliphatic carbocycles. The molecule has 0 bridgehead atoms. The third kappa shape index (κ3) is 7.65. The molecule has 0 aromatic heterocycles. The average Bonchev–Trinajstić information content (AvgIpc) is 3.32. The number of hydrogen-bond donors (Lipinski definition) is 0.